The van der Waals surface area contributed by atoms with Crippen molar-refractivity contribution in [1.29, 1.82) is 0 Å². The maximum Gasteiger partial charge on any atom is 0.332 e. The van der Waals surface area contributed by atoms with Crippen LogP contribution >= 0.6 is 0 Å². The number of rotatable bonds is 6. The maximum atomic E-state index is 11.3. The molecule has 0 atom stereocenters. The molecule has 1 N–H and O–H groups in total. The highest BCUT2D eigenvalue weighted by Crippen LogP contribution is 2.31. The number of hydrogen-bond donors (Lipinski definition) is 1. The molecule has 7 nitrogen and oxygen atoms in total. The van der Waals surface area contributed by atoms with E-state index in [0.717, 1.165) is 13.0 Å². The lowest BCUT2D eigenvalue weighted by Gasteiger charge is -2.27. The Morgan fingerprint density at radius 3 is 2.47 bits per heavy atom. The van der Waals surface area contributed by atoms with Gasteiger partial charge in [0.2, 0.25) is 11.8 Å². The zero-order valence-electron chi connectivity index (χ0n) is 12.1. The summed E-state index contributed by atoms with van der Waals surface area (Å²) in [5, 5.41) is 14.1. The molecule has 0 unspecified atom stereocenters. The van der Waals surface area contributed by atoms with E-state index in [1.54, 1.807) is 14.0 Å². The fourth-order valence-corrected chi connectivity index (χ4v) is 1.93. The number of nitrogens with one attached hydrogen (secondary N) is 1. The lowest BCUT2D eigenvalue weighted by molar-refractivity contribution is -0.385. The van der Waals surface area contributed by atoms with Crippen LogP contribution in [0.3, 0.4) is 0 Å². The highest BCUT2D eigenvalue weighted by Gasteiger charge is 2.27. The Hall–Kier alpha value is -1.92. The number of nitro groups is 1. The van der Waals surface area contributed by atoms with Crippen molar-refractivity contribution in [1.82, 2.24) is 9.97 Å². The first kappa shape index (κ1) is 15.1. The molecule has 1 rings (SSSR count). The minimum atomic E-state index is -0.408. The van der Waals surface area contributed by atoms with Crippen molar-refractivity contribution in [2.24, 2.45) is 0 Å². The van der Waals surface area contributed by atoms with Crippen molar-refractivity contribution in [3.8, 4) is 0 Å². The molecule has 0 aromatic carbocycles. The molecule has 7 heteroatoms. The normalized spacial score (nSPS) is 10.6. The standard InChI is InChI=1S/C12H21N5O2/c1-6-7-16(8(2)3)11-10(17(18)19)9(4)14-12(13-5)15-11/h8H,6-7H2,1-5H3,(H,13,14,15). The summed E-state index contributed by atoms with van der Waals surface area (Å²) < 4.78 is 0. The van der Waals surface area contributed by atoms with Crippen LogP contribution in [0, 0.1) is 17.0 Å². The fraction of sp³-hybridized carbons (Fsp3) is 0.667. The summed E-state index contributed by atoms with van der Waals surface area (Å²) in [5.41, 5.74) is 0.363. The van der Waals surface area contributed by atoms with Crippen molar-refractivity contribution in [2.75, 3.05) is 23.8 Å². The molecule has 1 aromatic heterocycles. The smallest absolute Gasteiger partial charge is 0.332 e. The lowest BCUT2D eigenvalue weighted by Crippen LogP contribution is -2.33. The largest absolute Gasteiger partial charge is 0.357 e. The average molecular weight is 267 g/mol. The van der Waals surface area contributed by atoms with Crippen molar-refractivity contribution < 1.29 is 4.92 Å². The monoisotopic (exact) mass is 267 g/mol. The minimum Gasteiger partial charge on any atom is -0.357 e. The van der Waals surface area contributed by atoms with Gasteiger partial charge >= 0.3 is 5.69 Å². The van der Waals surface area contributed by atoms with Crippen LogP contribution in [-0.4, -0.2) is 34.5 Å². The van der Waals surface area contributed by atoms with Gasteiger partial charge in [-0.05, 0) is 27.2 Å². The van der Waals surface area contributed by atoms with E-state index in [1.807, 2.05) is 25.7 Å². The topological polar surface area (TPSA) is 84.2 Å². The van der Waals surface area contributed by atoms with Crippen LogP contribution < -0.4 is 10.2 Å². The first-order valence-electron chi connectivity index (χ1n) is 6.39. The molecule has 0 radical (unpaired) electrons. The van der Waals surface area contributed by atoms with Gasteiger partial charge in [0.25, 0.3) is 0 Å². The molecule has 0 saturated heterocycles. The molecule has 1 aromatic rings. The summed E-state index contributed by atoms with van der Waals surface area (Å²) >= 11 is 0. The summed E-state index contributed by atoms with van der Waals surface area (Å²) in [6, 6.07) is 0.137. The van der Waals surface area contributed by atoms with Gasteiger partial charge in [0.15, 0.2) is 0 Å². The molecule has 0 aliphatic carbocycles. The van der Waals surface area contributed by atoms with Crippen LogP contribution in [0.4, 0.5) is 17.5 Å². The van der Waals surface area contributed by atoms with Crippen LogP contribution in [0.2, 0.25) is 0 Å². The Morgan fingerprint density at radius 2 is 2.05 bits per heavy atom. The second-order valence-corrected chi connectivity index (χ2v) is 4.60. The third-order valence-corrected chi connectivity index (χ3v) is 2.81. The number of aryl methyl sites for hydroxylation is 1. The van der Waals surface area contributed by atoms with Gasteiger partial charge in [0, 0.05) is 19.6 Å². The van der Waals surface area contributed by atoms with E-state index in [-0.39, 0.29) is 11.7 Å². The van der Waals surface area contributed by atoms with Crippen LogP contribution in [0.15, 0.2) is 0 Å². The maximum absolute atomic E-state index is 11.3. The zero-order chi connectivity index (χ0) is 14.6. The second-order valence-electron chi connectivity index (χ2n) is 4.60. The molecule has 0 spiro atoms. The van der Waals surface area contributed by atoms with Gasteiger partial charge in [-0.1, -0.05) is 6.92 Å². The number of nitrogens with zero attached hydrogens (tertiary/aromatic N) is 4. The summed E-state index contributed by atoms with van der Waals surface area (Å²) in [5.74, 6) is 0.790. The van der Waals surface area contributed by atoms with Gasteiger partial charge in [-0.15, -0.1) is 0 Å². The van der Waals surface area contributed by atoms with E-state index in [0.29, 0.717) is 17.5 Å². The summed E-state index contributed by atoms with van der Waals surface area (Å²) in [6.07, 6.45) is 0.896. The lowest BCUT2D eigenvalue weighted by atomic mass is 10.2. The summed E-state index contributed by atoms with van der Waals surface area (Å²) in [7, 11) is 1.70. The van der Waals surface area contributed by atoms with E-state index >= 15 is 0 Å². The zero-order valence-corrected chi connectivity index (χ0v) is 12.1. The first-order chi connectivity index (χ1) is 8.92. The van der Waals surface area contributed by atoms with E-state index in [2.05, 4.69) is 15.3 Å². The van der Waals surface area contributed by atoms with Gasteiger partial charge in [-0.25, -0.2) is 4.98 Å². The van der Waals surface area contributed by atoms with E-state index in [1.165, 1.54) is 0 Å². The molecular weight excluding hydrogens is 246 g/mol. The molecule has 0 aliphatic rings. The van der Waals surface area contributed by atoms with Gasteiger partial charge < -0.3 is 10.2 Å². The second kappa shape index (κ2) is 6.31. The van der Waals surface area contributed by atoms with Crippen molar-refractivity contribution in [3.05, 3.63) is 15.8 Å². The van der Waals surface area contributed by atoms with Gasteiger partial charge in [-0.2, -0.15) is 4.98 Å². The SMILES string of the molecule is CCCN(c1nc(NC)nc(C)c1[N+](=O)[O-])C(C)C. The Balaban J connectivity index is 3.43. The third kappa shape index (κ3) is 3.30. The molecule has 0 amide bonds. The molecule has 19 heavy (non-hydrogen) atoms. The van der Waals surface area contributed by atoms with Gasteiger partial charge in [0.05, 0.1) is 4.92 Å². The molecule has 0 saturated carbocycles. The summed E-state index contributed by atoms with van der Waals surface area (Å²) in [4.78, 5) is 21.1. The Labute approximate surface area is 113 Å². The highest BCUT2D eigenvalue weighted by atomic mass is 16.6. The minimum absolute atomic E-state index is 0.0128. The van der Waals surface area contributed by atoms with E-state index < -0.39 is 4.92 Å². The van der Waals surface area contributed by atoms with E-state index in [4.69, 9.17) is 0 Å². The van der Waals surface area contributed by atoms with Crippen LogP contribution in [0.1, 0.15) is 32.9 Å². The van der Waals surface area contributed by atoms with E-state index in [9.17, 15) is 10.1 Å². The predicted octanol–water partition coefficient (Wildman–Crippen LogP) is 2.36. The average Bonchev–Trinajstić information content (AvgIpc) is 2.33. The first-order valence-corrected chi connectivity index (χ1v) is 6.39. The highest BCUT2D eigenvalue weighted by molar-refractivity contribution is 5.62. The number of anilines is 2. The van der Waals surface area contributed by atoms with Crippen LogP contribution in [0.25, 0.3) is 0 Å². The quantitative estimate of drug-likeness (QED) is 0.629. The molecule has 0 fully saturated rings. The number of aromatic nitrogens is 2. The predicted molar refractivity (Wildman–Crippen MR) is 75.7 cm³/mol. The van der Waals surface area contributed by atoms with Gasteiger partial charge in [0.1, 0.15) is 5.69 Å². The number of hydrogen-bond acceptors (Lipinski definition) is 6. The Bertz CT molecular complexity index is 462. The molecule has 106 valence electrons. The molecular formula is C12H21N5O2. The van der Waals surface area contributed by atoms with Crippen LogP contribution in [0.5, 0.6) is 0 Å². The molecule has 0 aliphatic heterocycles. The van der Waals surface area contributed by atoms with Crippen molar-refractivity contribution >= 4 is 17.5 Å². The Kier molecular flexibility index (Phi) is 5.02. The fourth-order valence-electron chi connectivity index (χ4n) is 1.93. The summed E-state index contributed by atoms with van der Waals surface area (Å²) in [6.45, 7) is 8.38. The molecule has 1 heterocycles. The van der Waals surface area contributed by atoms with Gasteiger partial charge in [-0.3, -0.25) is 10.1 Å². The Morgan fingerprint density at radius 1 is 1.42 bits per heavy atom. The van der Waals surface area contributed by atoms with Crippen molar-refractivity contribution in [2.45, 2.75) is 40.2 Å². The van der Waals surface area contributed by atoms with Crippen LogP contribution in [-0.2, 0) is 0 Å². The third-order valence-electron chi connectivity index (χ3n) is 2.81. The van der Waals surface area contributed by atoms with Crippen molar-refractivity contribution in [3.63, 3.8) is 0 Å². The molecule has 0 bridgehead atoms.